The van der Waals surface area contributed by atoms with Crippen molar-refractivity contribution in [3.05, 3.63) is 35.9 Å². The molecule has 0 unspecified atom stereocenters. The van der Waals surface area contributed by atoms with Gasteiger partial charge in [0.2, 0.25) is 17.7 Å². The third kappa shape index (κ3) is 9.78. The number of nitrogens with zero attached hydrogens (tertiary/aromatic N) is 2. The molecule has 9 heteroatoms. The maximum absolute atomic E-state index is 13.8. The van der Waals surface area contributed by atoms with Crippen LogP contribution in [-0.2, 0) is 30.3 Å². The van der Waals surface area contributed by atoms with Gasteiger partial charge in [-0.25, -0.2) is 0 Å². The predicted molar refractivity (Wildman–Crippen MR) is 167 cm³/mol. The average Bonchev–Trinajstić information content (AvgIpc) is 3.46. The van der Waals surface area contributed by atoms with Crippen molar-refractivity contribution in [1.82, 2.24) is 15.1 Å². The number of nitrogens with two attached hydrogens (primary N) is 1. The van der Waals surface area contributed by atoms with Gasteiger partial charge < -0.3 is 30.3 Å². The van der Waals surface area contributed by atoms with Gasteiger partial charge in [0, 0.05) is 46.8 Å². The summed E-state index contributed by atoms with van der Waals surface area (Å²) >= 11 is 0. The Bertz CT molecular complexity index is 974. The monoisotopic (exact) mass is 588 g/mol. The van der Waals surface area contributed by atoms with Crippen LogP contribution in [0.15, 0.2) is 30.3 Å². The SMILES string of the molecule is CC[C@H](C)[C@@H]([C@@H](CC(=O)N1CCC[C@H]1[C@H](OC)[C@@H](C)C(=O)N[C@H](CN)Cc1ccccc1)OC)N(C)C(=O)CC(C)C. The number of methoxy groups -OCH3 is 2. The number of ether oxygens (including phenoxy) is 2. The number of hydrogen-bond donors (Lipinski definition) is 2. The molecule has 0 aromatic heterocycles. The molecule has 0 saturated carbocycles. The van der Waals surface area contributed by atoms with Crippen LogP contribution in [0.25, 0.3) is 0 Å². The molecular weight excluding hydrogens is 532 g/mol. The van der Waals surface area contributed by atoms with Crippen molar-refractivity contribution >= 4 is 17.7 Å². The van der Waals surface area contributed by atoms with Gasteiger partial charge in [-0.3, -0.25) is 14.4 Å². The van der Waals surface area contributed by atoms with Gasteiger partial charge in [0.1, 0.15) is 0 Å². The Balaban J connectivity index is 2.15. The lowest BCUT2D eigenvalue weighted by Crippen LogP contribution is -2.54. The smallest absolute Gasteiger partial charge is 0.225 e. The molecule has 1 saturated heterocycles. The minimum atomic E-state index is -0.482. The number of amides is 3. The fraction of sp³-hybridized carbons (Fsp3) is 0.727. The van der Waals surface area contributed by atoms with Crippen molar-refractivity contribution < 1.29 is 23.9 Å². The van der Waals surface area contributed by atoms with Crippen LogP contribution in [0.5, 0.6) is 0 Å². The van der Waals surface area contributed by atoms with Crippen LogP contribution >= 0.6 is 0 Å². The highest BCUT2D eigenvalue weighted by atomic mass is 16.5. The molecule has 9 nitrogen and oxygen atoms in total. The second kappa shape index (κ2) is 17.6. The van der Waals surface area contributed by atoms with Gasteiger partial charge in [-0.15, -0.1) is 0 Å². The van der Waals surface area contributed by atoms with E-state index in [-0.39, 0.29) is 54.1 Å². The second-order valence-corrected chi connectivity index (χ2v) is 12.4. The van der Waals surface area contributed by atoms with Crippen molar-refractivity contribution in [2.24, 2.45) is 23.5 Å². The number of nitrogens with one attached hydrogen (secondary N) is 1. The zero-order valence-electron chi connectivity index (χ0n) is 27.2. The van der Waals surface area contributed by atoms with E-state index in [4.69, 9.17) is 15.2 Å². The van der Waals surface area contributed by atoms with Crippen LogP contribution in [0.3, 0.4) is 0 Å². The summed E-state index contributed by atoms with van der Waals surface area (Å²) in [6.45, 7) is 11.0. The van der Waals surface area contributed by atoms with Gasteiger partial charge in [-0.2, -0.15) is 0 Å². The van der Waals surface area contributed by atoms with Crippen molar-refractivity contribution in [2.45, 2.75) is 103 Å². The first-order chi connectivity index (χ1) is 20.0. The molecule has 1 aliphatic heterocycles. The van der Waals surface area contributed by atoms with Crippen molar-refractivity contribution in [1.29, 1.82) is 0 Å². The summed E-state index contributed by atoms with van der Waals surface area (Å²) in [5.74, 6) is -0.199. The van der Waals surface area contributed by atoms with E-state index in [0.29, 0.717) is 25.9 Å². The summed E-state index contributed by atoms with van der Waals surface area (Å²) in [6.07, 6.45) is 2.79. The maximum atomic E-state index is 13.8. The Kier molecular flexibility index (Phi) is 14.9. The highest BCUT2D eigenvalue weighted by molar-refractivity contribution is 5.81. The molecule has 238 valence electrons. The molecule has 0 bridgehead atoms. The number of carbonyl (C=O) groups excluding carboxylic acids is 3. The number of likely N-dealkylation sites (tertiary alicyclic amines) is 1. The Hall–Kier alpha value is -2.49. The van der Waals surface area contributed by atoms with Crippen LogP contribution in [0, 0.1) is 17.8 Å². The number of carbonyl (C=O) groups is 3. The lowest BCUT2D eigenvalue weighted by Gasteiger charge is -2.39. The van der Waals surface area contributed by atoms with E-state index < -0.39 is 18.1 Å². The molecule has 2 rings (SSSR count). The third-order valence-corrected chi connectivity index (χ3v) is 8.84. The Labute approximate surface area is 253 Å². The van der Waals surface area contributed by atoms with Gasteiger partial charge in [-0.05, 0) is 36.7 Å². The minimum Gasteiger partial charge on any atom is -0.379 e. The summed E-state index contributed by atoms with van der Waals surface area (Å²) in [5, 5.41) is 3.10. The minimum absolute atomic E-state index is 0.0408. The van der Waals surface area contributed by atoms with Gasteiger partial charge in [0.25, 0.3) is 0 Å². The van der Waals surface area contributed by atoms with E-state index in [9.17, 15) is 14.4 Å². The maximum Gasteiger partial charge on any atom is 0.225 e. The Morgan fingerprint density at radius 1 is 1.07 bits per heavy atom. The van der Waals surface area contributed by atoms with Crippen LogP contribution in [-0.4, -0.2) is 92.2 Å². The topological polar surface area (TPSA) is 114 Å². The van der Waals surface area contributed by atoms with E-state index in [1.54, 1.807) is 19.1 Å². The van der Waals surface area contributed by atoms with Gasteiger partial charge >= 0.3 is 0 Å². The highest BCUT2D eigenvalue weighted by Gasteiger charge is 2.42. The number of benzene rings is 1. The number of rotatable bonds is 17. The molecular formula is C33H56N4O5. The summed E-state index contributed by atoms with van der Waals surface area (Å²) < 4.78 is 11.8. The molecule has 0 radical (unpaired) electrons. The third-order valence-electron chi connectivity index (χ3n) is 8.84. The number of likely N-dealkylation sites (N-methyl/N-ethyl adjacent to an activating group) is 1. The molecule has 42 heavy (non-hydrogen) atoms. The van der Waals surface area contributed by atoms with Crippen molar-refractivity contribution in [3.63, 3.8) is 0 Å². The van der Waals surface area contributed by atoms with E-state index in [2.05, 4.69) is 19.2 Å². The fourth-order valence-corrected chi connectivity index (χ4v) is 6.24. The van der Waals surface area contributed by atoms with E-state index in [1.807, 2.05) is 63.1 Å². The molecule has 1 heterocycles. The lowest BCUT2D eigenvalue weighted by atomic mass is 9.90. The van der Waals surface area contributed by atoms with Crippen LogP contribution in [0.2, 0.25) is 0 Å². The molecule has 3 N–H and O–H groups in total. The molecule has 7 atom stereocenters. The van der Waals surface area contributed by atoms with Gasteiger partial charge in [0.15, 0.2) is 0 Å². The lowest BCUT2D eigenvalue weighted by molar-refractivity contribution is -0.146. The van der Waals surface area contributed by atoms with E-state index in [1.165, 1.54) is 0 Å². The molecule has 0 spiro atoms. The molecule has 0 aliphatic carbocycles. The standard InChI is InChI=1S/C33H56N4O5/c1-9-23(4)31(36(6)29(38)18-22(2)3)28(41-7)20-30(39)37-17-13-16-27(37)32(42-8)24(5)33(40)35-26(21-34)19-25-14-11-10-12-15-25/h10-12,14-15,22-24,26-28,31-32H,9,13,16-21,34H2,1-8H3,(H,35,40)/t23-,24+,26-,27-,28+,31-,32+/m0/s1. The first-order valence-corrected chi connectivity index (χ1v) is 15.6. The fourth-order valence-electron chi connectivity index (χ4n) is 6.24. The quantitative estimate of drug-likeness (QED) is 0.287. The van der Waals surface area contributed by atoms with Crippen molar-refractivity contribution in [3.8, 4) is 0 Å². The Morgan fingerprint density at radius 2 is 1.74 bits per heavy atom. The zero-order valence-corrected chi connectivity index (χ0v) is 27.2. The summed E-state index contributed by atoms with van der Waals surface area (Å²) in [7, 11) is 5.04. The second-order valence-electron chi connectivity index (χ2n) is 12.4. The zero-order chi connectivity index (χ0) is 31.4. The average molecular weight is 589 g/mol. The van der Waals surface area contributed by atoms with Crippen LogP contribution in [0.4, 0.5) is 0 Å². The molecule has 1 aromatic carbocycles. The Morgan fingerprint density at radius 3 is 2.29 bits per heavy atom. The van der Waals surface area contributed by atoms with Crippen molar-refractivity contribution in [2.75, 3.05) is 34.4 Å². The highest BCUT2D eigenvalue weighted by Crippen LogP contribution is 2.29. The summed E-state index contributed by atoms with van der Waals surface area (Å²) in [5.41, 5.74) is 7.11. The largest absolute Gasteiger partial charge is 0.379 e. The van der Waals surface area contributed by atoms with E-state index >= 15 is 0 Å². The van der Waals surface area contributed by atoms with Crippen LogP contribution in [0.1, 0.15) is 72.3 Å². The number of hydrogen-bond acceptors (Lipinski definition) is 6. The summed E-state index contributed by atoms with van der Waals surface area (Å²) in [4.78, 5) is 43.8. The summed E-state index contributed by atoms with van der Waals surface area (Å²) in [6, 6.07) is 9.30. The van der Waals surface area contributed by atoms with Crippen LogP contribution < -0.4 is 11.1 Å². The van der Waals surface area contributed by atoms with E-state index in [0.717, 1.165) is 24.8 Å². The molecule has 1 aromatic rings. The molecule has 1 fully saturated rings. The molecule has 3 amide bonds. The van der Waals surface area contributed by atoms with Gasteiger partial charge in [-0.1, -0.05) is 71.4 Å². The normalized spacial score (nSPS) is 19.6. The predicted octanol–water partition coefficient (Wildman–Crippen LogP) is 3.64. The first kappa shape index (κ1) is 35.7. The van der Waals surface area contributed by atoms with Gasteiger partial charge in [0.05, 0.1) is 36.6 Å². The first-order valence-electron chi connectivity index (χ1n) is 15.6. The molecule has 1 aliphatic rings.